The van der Waals surface area contributed by atoms with Crippen molar-refractivity contribution in [2.24, 2.45) is 25.0 Å². The maximum Gasteiger partial charge on any atom is 0.164 e. The molecule has 384 valence electrons. The molecule has 0 saturated heterocycles. The predicted octanol–water partition coefficient (Wildman–Crippen LogP) is 11.9. The fraction of sp³-hybridized carbons (Fsp3) is 0.0156. The summed E-state index contributed by atoms with van der Waals surface area (Å²) in [5.41, 5.74) is 11.3. The minimum absolute atomic E-state index is 0.483. The van der Waals surface area contributed by atoms with Gasteiger partial charge in [-0.3, -0.25) is 0 Å². The van der Waals surface area contributed by atoms with Crippen LogP contribution in [0.4, 0.5) is 11.6 Å². The third-order valence-electron chi connectivity index (χ3n) is 14.9. The van der Waals surface area contributed by atoms with Crippen LogP contribution in [-0.2, 0) is 23.7 Å². The molecule has 17 nitrogen and oxygen atoms in total. The van der Waals surface area contributed by atoms with Crippen molar-refractivity contribution in [3.05, 3.63) is 233 Å². The quantitative estimate of drug-likeness (QED) is 0.137. The van der Waals surface area contributed by atoms with Crippen molar-refractivity contribution in [1.29, 1.82) is 0 Å². The molecule has 10 heterocycles. The van der Waals surface area contributed by atoms with Crippen LogP contribution in [0, 0.1) is 0 Å². The van der Waals surface area contributed by atoms with Crippen LogP contribution in [0.2, 0.25) is 0 Å². The molecule has 82 heavy (non-hydrogen) atoms. The van der Waals surface area contributed by atoms with Gasteiger partial charge in [-0.05, 0) is 38.5 Å². The molecule has 0 saturated carbocycles. The number of rotatable bonds is 0. The maximum atomic E-state index is 8.25. The Hall–Kier alpha value is -10.9. The molecule has 0 amide bonds. The zero-order chi connectivity index (χ0) is 54.4. The number of nitrogens with one attached hydrogen (secondary N) is 2. The van der Waals surface area contributed by atoms with E-state index < -0.39 is 6.17 Å². The summed E-state index contributed by atoms with van der Waals surface area (Å²) in [5.74, 6) is 5.22. The molecule has 18 heteroatoms. The number of aliphatic imine (C=N–C) groups is 3. The van der Waals surface area contributed by atoms with E-state index in [0.29, 0.717) is 86.0 Å². The first-order valence-electron chi connectivity index (χ1n) is 26.2. The minimum Gasteiger partial charge on any atom is -0.451 e. The van der Waals surface area contributed by atoms with Gasteiger partial charge in [-0.2, -0.15) is 0 Å². The summed E-state index contributed by atoms with van der Waals surface area (Å²) < 4.78 is 8.25. The number of amidine groups is 3. The molecule has 16 bridgehead atoms. The second kappa shape index (κ2) is 18.9. The Labute approximate surface area is 475 Å². The van der Waals surface area contributed by atoms with Gasteiger partial charge in [0.1, 0.15) is 22.6 Å². The Balaban J connectivity index is 0.000000131. The first-order valence-corrected chi connectivity index (χ1v) is 26.8. The number of benzene rings is 8. The fourth-order valence-corrected chi connectivity index (χ4v) is 11.2. The number of aromatic nitrogens is 10. The zero-order valence-electron chi connectivity index (χ0n) is 42.7. The van der Waals surface area contributed by atoms with Crippen molar-refractivity contribution in [2.75, 3.05) is 0 Å². The summed E-state index contributed by atoms with van der Waals surface area (Å²) in [4.78, 5) is 71.3. The number of hydrogen-bond donors (Lipinski definition) is 2. The molecule has 18 rings (SSSR count). The van der Waals surface area contributed by atoms with Crippen molar-refractivity contribution < 1.29 is 23.7 Å². The van der Waals surface area contributed by atoms with Crippen LogP contribution in [0.15, 0.2) is 219 Å². The third-order valence-corrected chi connectivity index (χ3v) is 14.9. The number of fused-ring (bicyclic) bond motifs is 39. The van der Waals surface area contributed by atoms with E-state index in [9.17, 15) is 0 Å². The fourth-order valence-electron chi connectivity index (χ4n) is 11.2. The van der Waals surface area contributed by atoms with Crippen molar-refractivity contribution in [3.63, 3.8) is 0 Å². The van der Waals surface area contributed by atoms with Crippen LogP contribution < -0.4 is 20.9 Å². The largest absolute Gasteiger partial charge is 0.451 e. The molecule has 5 aliphatic heterocycles. The Morgan fingerprint density at radius 3 is 1.17 bits per heavy atom. The number of nitrogens with zero attached hydrogens (tertiary/aromatic N) is 14. The first kappa shape index (κ1) is 47.2. The molecule has 0 aliphatic carbocycles. The van der Waals surface area contributed by atoms with Gasteiger partial charge in [0.2, 0.25) is 0 Å². The molecule has 2 N–H and O–H groups in total. The van der Waals surface area contributed by atoms with Gasteiger partial charge in [0, 0.05) is 77.9 Å². The average Bonchev–Trinajstić information content (AvgIpc) is 4.46. The topological polar surface area (TPSA) is 230 Å². The van der Waals surface area contributed by atoms with Gasteiger partial charge in [-0.25, -0.2) is 34.9 Å². The third kappa shape index (κ3) is 7.62. The Morgan fingerprint density at radius 1 is 0.329 bits per heavy atom. The first-order chi connectivity index (χ1) is 40.6. The second-order valence-corrected chi connectivity index (χ2v) is 19.6. The van der Waals surface area contributed by atoms with Crippen molar-refractivity contribution in [2.45, 2.75) is 6.17 Å². The van der Waals surface area contributed by atoms with E-state index in [1.54, 1.807) is 0 Å². The van der Waals surface area contributed by atoms with Crippen molar-refractivity contribution >= 4 is 94.8 Å². The van der Waals surface area contributed by atoms with Gasteiger partial charge >= 0.3 is 23.7 Å². The Kier molecular flexibility index (Phi) is 10.9. The zero-order valence-corrected chi connectivity index (χ0v) is 44.3. The normalized spacial score (nSPS) is 14.1. The summed E-state index contributed by atoms with van der Waals surface area (Å²) in [6, 6.07) is 64.2. The molecule has 1 unspecified atom stereocenters. The van der Waals surface area contributed by atoms with E-state index in [4.69, 9.17) is 73.5 Å². The SMILES string of the molecule is [O]=[Ti].c1ccc2c(c1)-c1nc-2nc2[nH]c(nc3nc(nc4[nH]c(n1)c1ccccc41)-c1ccccc1-3)c1ccccc21.c1ccc2c(c1)C1=NC2=Nc2[n-]c(c3ccccc23)N=C2[N-]C(N=c3[n-]c(c4ccccc34)=N1)c1ccccc12. The molecule has 1 atom stereocenters. The number of H-pyrrole nitrogens is 2. The molecular weight excluding hydrogens is 1060 g/mol. The second-order valence-electron chi connectivity index (χ2n) is 19.6. The van der Waals surface area contributed by atoms with Crippen molar-refractivity contribution in [1.82, 2.24) is 49.8 Å². The predicted molar refractivity (Wildman–Crippen MR) is 312 cm³/mol. The molecule has 0 spiro atoms. The van der Waals surface area contributed by atoms with Crippen LogP contribution >= 0.6 is 0 Å². The van der Waals surface area contributed by atoms with E-state index in [1.165, 1.54) is 0 Å². The average molecular weight is 1090 g/mol. The number of hydrogen-bond acceptors (Lipinski definition) is 12. The molecule has 8 aromatic carbocycles. The summed E-state index contributed by atoms with van der Waals surface area (Å²) in [7, 11) is 0. The van der Waals surface area contributed by atoms with Crippen LogP contribution in [0.5, 0.6) is 0 Å². The van der Waals surface area contributed by atoms with E-state index >= 15 is 0 Å². The van der Waals surface area contributed by atoms with Gasteiger partial charge in [-0.15, -0.1) is 0 Å². The summed E-state index contributed by atoms with van der Waals surface area (Å²) in [5, 5.41) is 12.4. The molecular formula is C64H35N16OTi-3. The minimum atomic E-state index is -0.483. The molecule has 0 fully saturated rings. The Bertz CT molecular complexity index is 4980. The monoisotopic (exact) mass is 1090 g/mol. The molecule has 5 aliphatic rings. The van der Waals surface area contributed by atoms with Gasteiger partial charge in [-0.1, -0.05) is 200 Å². The van der Waals surface area contributed by atoms with E-state index in [0.717, 1.165) is 108 Å². The van der Waals surface area contributed by atoms with Crippen molar-refractivity contribution in [3.8, 4) is 45.6 Å². The van der Waals surface area contributed by atoms with Gasteiger partial charge in [0.15, 0.2) is 23.3 Å². The van der Waals surface area contributed by atoms with Gasteiger partial charge in [0.25, 0.3) is 0 Å². The molecule has 13 aromatic rings. The molecule has 0 radical (unpaired) electrons. The summed E-state index contributed by atoms with van der Waals surface area (Å²) in [6.07, 6.45) is -0.483. The maximum absolute atomic E-state index is 8.25. The van der Waals surface area contributed by atoms with E-state index in [2.05, 4.69) is 9.97 Å². The summed E-state index contributed by atoms with van der Waals surface area (Å²) in [6.45, 7) is 0. The standard InChI is InChI=1S/C32H18N8.C32H17N8.O.Ti/c2*1-2-10-18-17(9-1)25-33-26(18)38-28-21-13-5-6-14-22(21)30(35-28)40-32-24-16-8-7-15-23(24)31(36-32)39-29-20-12-4-3-11-19(20)27(34-29)37-25;;/h1-16H,(H2,33,34,35,36,37,38,39,40);1-16,25H;;/q;-3;;. The van der Waals surface area contributed by atoms with Crippen LogP contribution in [0.3, 0.4) is 0 Å². The van der Waals surface area contributed by atoms with Gasteiger partial charge in [0.05, 0.1) is 11.7 Å². The van der Waals surface area contributed by atoms with E-state index in [1.807, 2.05) is 194 Å². The number of aromatic amines is 2. The van der Waals surface area contributed by atoms with E-state index in [-0.39, 0.29) is 0 Å². The van der Waals surface area contributed by atoms with Crippen LogP contribution in [0.25, 0.3) is 117 Å². The molecule has 5 aromatic heterocycles. The van der Waals surface area contributed by atoms with Crippen LogP contribution in [-0.4, -0.2) is 57.4 Å². The summed E-state index contributed by atoms with van der Waals surface area (Å²) >= 11 is 0.750. The smallest absolute Gasteiger partial charge is 0.164 e. The Morgan fingerprint density at radius 2 is 0.695 bits per heavy atom. The van der Waals surface area contributed by atoms with Gasteiger partial charge < -0.3 is 45.2 Å². The van der Waals surface area contributed by atoms with Crippen LogP contribution in [0.1, 0.15) is 28.4 Å².